The average molecular weight is 414 g/mol. The molecule has 0 saturated carbocycles. The highest BCUT2D eigenvalue weighted by atomic mass is 32.2. The summed E-state index contributed by atoms with van der Waals surface area (Å²) >= 11 is 0. The van der Waals surface area contributed by atoms with Gasteiger partial charge in [-0.25, -0.2) is 0 Å². The summed E-state index contributed by atoms with van der Waals surface area (Å²) in [5, 5.41) is 0. The number of hydrogen-bond donors (Lipinski definition) is 0. The third-order valence-electron chi connectivity index (χ3n) is 5.05. The summed E-state index contributed by atoms with van der Waals surface area (Å²) in [7, 11) is -4.00. The molecule has 8 nitrogen and oxygen atoms in total. The van der Waals surface area contributed by atoms with Crippen molar-refractivity contribution < 1.29 is 36.3 Å². The summed E-state index contributed by atoms with van der Waals surface area (Å²) in [6, 6.07) is 6.63. The summed E-state index contributed by atoms with van der Waals surface area (Å²) in [6.07, 6.45) is -1.50. The highest BCUT2D eigenvalue weighted by Crippen LogP contribution is 2.47. The minimum atomic E-state index is -4.00. The van der Waals surface area contributed by atoms with E-state index in [-0.39, 0.29) is 24.2 Å². The minimum Gasteiger partial charge on any atom is -0.343 e. The first-order chi connectivity index (χ1) is 12.9. The van der Waals surface area contributed by atoms with E-state index in [1.807, 2.05) is 13.8 Å². The van der Waals surface area contributed by atoms with Crippen molar-refractivity contribution in [3.8, 4) is 0 Å². The summed E-state index contributed by atoms with van der Waals surface area (Å²) < 4.78 is 60.7. The molecule has 3 fully saturated rings. The number of benzene rings is 1. The molecule has 0 spiro atoms. The Balaban J connectivity index is 1.60. The van der Waals surface area contributed by atoms with Gasteiger partial charge in [-0.15, -0.1) is 0 Å². The molecule has 4 unspecified atom stereocenters. The molecule has 3 saturated heterocycles. The van der Waals surface area contributed by atoms with Gasteiger partial charge in [-0.2, -0.15) is 8.42 Å². The molecule has 4 rings (SSSR count). The van der Waals surface area contributed by atoms with E-state index < -0.39 is 39.7 Å². The van der Waals surface area contributed by atoms with Gasteiger partial charge in [-0.1, -0.05) is 18.2 Å². The fourth-order valence-electron chi connectivity index (χ4n) is 4.01. The van der Waals surface area contributed by atoms with Crippen LogP contribution in [0.5, 0.6) is 0 Å². The van der Waals surface area contributed by atoms with Crippen LogP contribution in [0.3, 0.4) is 0 Å². The van der Waals surface area contributed by atoms with Crippen LogP contribution in [0, 0.1) is 6.92 Å². The highest BCUT2D eigenvalue weighted by Gasteiger charge is 2.65. The van der Waals surface area contributed by atoms with Crippen LogP contribution in [0.15, 0.2) is 29.2 Å². The van der Waals surface area contributed by atoms with E-state index in [0.29, 0.717) is 5.56 Å². The van der Waals surface area contributed by atoms with E-state index >= 15 is 0 Å². The van der Waals surface area contributed by atoms with Crippen molar-refractivity contribution in [1.82, 2.24) is 0 Å². The van der Waals surface area contributed by atoms with E-state index in [9.17, 15) is 8.42 Å². The Labute approximate surface area is 165 Å². The number of rotatable bonds is 4. The average Bonchev–Trinajstić information content (AvgIpc) is 3.05. The van der Waals surface area contributed by atoms with E-state index in [0.717, 1.165) is 0 Å². The molecular formula is C19H26O8S. The predicted octanol–water partition coefficient (Wildman–Crippen LogP) is 2.10. The second-order valence-corrected chi connectivity index (χ2v) is 9.87. The zero-order valence-corrected chi connectivity index (χ0v) is 17.4. The Morgan fingerprint density at radius 3 is 2.50 bits per heavy atom. The first-order valence-electron chi connectivity index (χ1n) is 9.26. The van der Waals surface area contributed by atoms with Crippen molar-refractivity contribution in [2.45, 2.75) is 75.2 Å². The topological polar surface area (TPSA) is 89.5 Å². The third kappa shape index (κ3) is 3.49. The molecule has 0 aliphatic carbocycles. The maximum atomic E-state index is 12.7. The SMILES string of the molecule is Cc1ccccc1S(=O)(=O)OCC12OCC3OC(C)(C)OC3C1OC(C)(C)O2. The first-order valence-corrected chi connectivity index (χ1v) is 10.7. The predicted molar refractivity (Wildman–Crippen MR) is 96.9 cm³/mol. The molecule has 3 heterocycles. The molecule has 0 amide bonds. The van der Waals surface area contributed by atoms with E-state index in [1.165, 1.54) is 6.07 Å². The van der Waals surface area contributed by atoms with Gasteiger partial charge in [-0.3, -0.25) is 4.18 Å². The molecular weight excluding hydrogens is 388 g/mol. The maximum Gasteiger partial charge on any atom is 0.297 e. The number of ether oxygens (including phenoxy) is 5. The Bertz CT molecular complexity index is 864. The lowest BCUT2D eigenvalue weighted by molar-refractivity contribution is -0.290. The smallest absolute Gasteiger partial charge is 0.297 e. The molecule has 0 N–H and O–H groups in total. The van der Waals surface area contributed by atoms with Gasteiger partial charge in [0, 0.05) is 0 Å². The first kappa shape index (κ1) is 20.2. The van der Waals surface area contributed by atoms with Gasteiger partial charge < -0.3 is 23.7 Å². The molecule has 3 aliphatic heterocycles. The van der Waals surface area contributed by atoms with Crippen LogP contribution >= 0.6 is 0 Å². The fraction of sp³-hybridized carbons (Fsp3) is 0.684. The van der Waals surface area contributed by atoms with Gasteiger partial charge in [0.25, 0.3) is 10.1 Å². The van der Waals surface area contributed by atoms with Crippen LogP contribution in [-0.4, -0.2) is 57.3 Å². The minimum absolute atomic E-state index is 0.108. The van der Waals surface area contributed by atoms with Gasteiger partial charge >= 0.3 is 0 Å². The quantitative estimate of drug-likeness (QED) is 0.692. The lowest BCUT2D eigenvalue weighted by Crippen LogP contribution is -2.60. The molecule has 9 heteroatoms. The number of aryl methyl sites for hydroxylation is 1. The second-order valence-electron chi connectivity index (χ2n) is 8.28. The lowest BCUT2D eigenvalue weighted by Gasteiger charge is -2.40. The zero-order valence-electron chi connectivity index (χ0n) is 16.6. The fourth-order valence-corrected chi connectivity index (χ4v) is 5.16. The van der Waals surface area contributed by atoms with E-state index in [4.69, 9.17) is 27.9 Å². The normalized spacial score (nSPS) is 36.1. The van der Waals surface area contributed by atoms with E-state index in [1.54, 1.807) is 39.0 Å². The Morgan fingerprint density at radius 1 is 1.07 bits per heavy atom. The maximum absolute atomic E-state index is 12.7. The van der Waals surface area contributed by atoms with Crippen LogP contribution in [0.1, 0.15) is 33.3 Å². The molecule has 1 aromatic rings. The molecule has 0 radical (unpaired) electrons. The van der Waals surface area contributed by atoms with Crippen molar-refractivity contribution in [3.63, 3.8) is 0 Å². The third-order valence-corrected chi connectivity index (χ3v) is 6.48. The van der Waals surface area contributed by atoms with Crippen molar-refractivity contribution in [1.29, 1.82) is 0 Å². The molecule has 1 aromatic carbocycles. The van der Waals surface area contributed by atoms with Gasteiger partial charge in [-0.05, 0) is 46.2 Å². The summed E-state index contributed by atoms with van der Waals surface area (Å²) in [6.45, 7) is 8.64. The molecule has 3 aliphatic rings. The number of hydrogen-bond acceptors (Lipinski definition) is 8. The van der Waals surface area contributed by atoms with Gasteiger partial charge in [0.05, 0.1) is 11.5 Å². The monoisotopic (exact) mass is 414 g/mol. The van der Waals surface area contributed by atoms with Crippen LogP contribution < -0.4 is 0 Å². The summed E-state index contributed by atoms with van der Waals surface area (Å²) in [4.78, 5) is 0.108. The summed E-state index contributed by atoms with van der Waals surface area (Å²) in [5.74, 6) is -3.20. The van der Waals surface area contributed by atoms with Crippen molar-refractivity contribution in [3.05, 3.63) is 29.8 Å². The Kier molecular flexibility index (Phi) is 4.67. The van der Waals surface area contributed by atoms with Crippen LogP contribution in [0.25, 0.3) is 0 Å². The molecule has 0 bridgehead atoms. The highest BCUT2D eigenvalue weighted by molar-refractivity contribution is 7.86. The molecule has 0 aromatic heterocycles. The van der Waals surface area contributed by atoms with Gasteiger partial charge in [0.2, 0.25) is 5.79 Å². The molecule has 156 valence electrons. The Hall–Kier alpha value is -1.07. The van der Waals surface area contributed by atoms with E-state index in [2.05, 4.69) is 0 Å². The molecule has 4 atom stereocenters. The second kappa shape index (κ2) is 6.46. The van der Waals surface area contributed by atoms with Gasteiger partial charge in [0.15, 0.2) is 11.6 Å². The lowest BCUT2D eigenvalue weighted by atomic mass is 9.98. The van der Waals surface area contributed by atoms with Crippen molar-refractivity contribution in [2.75, 3.05) is 13.2 Å². The van der Waals surface area contributed by atoms with Crippen molar-refractivity contribution in [2.24, 2.45) is 0 Å². The molecule has 28 heavy (non-hydrogen) atoms. The van der Waals surface area contributed by atoms with Crippen LogP contribution in [0.2, 0.25) is 0 Å². The zero-order chi connectivity index (χ0) is 20.4. The summed E-state index contributed by atoms with van der Waals surface area (Å²) in [5.41, 5.74) is 0.597. The van der Waals surface area contributed by atoms with Gasteiger partial charge in [0.1, 0.15) is 24.9 Å². The van der Waals surface area contributed by atoms with Crippen LogP contribution in [0.4, 0.5) is 0 Å². The standard InChI is InChI=1S/C19H26O8S/c1-12-8-6-7-9-14(12)28(20,21)23-11-19-16(26-18(4,5)27-19)15-13(10-22-19)24-17(2,3)25-15/h6-9,13,15-16H,10-11H2,1-5H3. The van der Waals surface area contributed by atoms with Crippen molar-refractivity contribution >= 4 is 10.1 Å². The Morgan fingerprint density at radius 2 is 1.79 bits per heavy atom. The number of fused-ring (bicyclic) bond motifs is 3. The van der Waals surface area contributed by atoms with Crippen LogP contribution in [-0.2, 0) is 38.0 Å². The largest absolute Gasteiger partial charge is 0.343 e.